The van der Waals surface area contributed by atoms with Crippen molar-refractivity contribution in [3.8, 4) is 5.75 Å². The van der Waals surface area contributed by atoms with E-state index in [9.17, 15) is 0 Å². The molecule has 1 saturated carbocycles. The van der Waals surface area contributed by atoms with E-state index in [0.29, 0.717) is 5.92 Å². The molecule has 2 aliphatic heterocycles. The van der Waals surface area contributed by atoms with Gasteiger partial charge in [-0.15, -0.1) is 0 Å². The van der Waals surface area contributed by atoms with E-state index in [1.807, 2.05) is 0 Å². The van der Waals surface area contributed by atoms with E-state index in [-0.39, 0.29) is 5.41 Å². The highest BCUT2D eigenvalue weighted by molar-refractivity contribution is 5.92. The summed E-state index contributed by atoms with van der Waals surface area (Å²) in [5.41, 5.74) is 3.71. The molecule has 6 rings (SSSR count). The predicted octanol–water partition coefficient (Wildman–Crippen LogP) is 5.62. The molecule has 3 aromatic rings. The van der Waals surface area contributed by atoms with Crippen LogP contribution in [-0.4, -0.2) is 81.5 Å². The number of methoxy groups -OCH3 is 1. The largest absolute Gasteiger partial charge is 0.496 e. The number of aromatic nitrogens is 2. The van der Waals surface area contributed by atoms with Crippen molar-refractivity contribution in [2.45, 2.75) is 56.8 Å². The van der Waals surface area contributed by atoms with Crippen LogP contribution in [-0.2, 0) is 10.2 Å². The highest BCUT2D eigenvalue weighted by Crippen LogP contribution is 2.42. The van der Waals surface area contributed by atoms with E-state index in [1.165, 1.54) is 42.3 Å². The molecule has 1 aliphatic carbocycles. The highest BCUT2D eigenvalue weighted by atomic mass is 16.5. The number of hydrogen-bond acceptors (Lipinski definition) is 7. The van der Waals surface area contributed by atoms with Crippen LogP contribution in [0.15, 0.2) is 42.5 Å². The van der Waals surface area contributed by atoms with Gasteiger partial charge in [0.05, 0.1) is 25.8 Å². The Hall–Kier alpha value is -2.90. The molecule has 0 atom stereocenters. The first-order valence-electron chi connectivity index (χ1n) is 15.3. The number of hydrogen-bond donors (Lipinski definition) is 0. The van der Waals surface area contributed by atoms with Crippen molar-refractivity contribution < 1.29 is 9.47 Å². The molecule has 3 fully saturated rings. The van der Waals surface area contributed by atoms with E-state index >= 15 is 0 Å². The van der Waals surface area contributed by atoms with Gasteiger partial charge in [0.15, 0.2) is 0 Å². The predicted molar refractivity (Wildman–Crippen MR) is 163 cm³/mol. The summed E-state index contributed by atoms with van der Waals surface area (Å²) in [6, 6.07) is 15.3. The minimum absolute atomic E-state index is 0.0757. The van der Waals surface area contributed by atoms with E-state index < -0.39 is 0 Å². The molecule has 0 radical (unpaired) electrons. The average molecular weight is 544 g/mol. The summed E-state index contributed by atoms with van der Waals surface area (Å²) in [4.78, 5) is 18.0. The van der Waals surface area contributed by atoms with Crippen molar-refractivity contribution in [2.24, 2.45) is 0 Å². The highest BCUT2D eigenvalue weighted by Gasteiger charge is 2.35. The Bertz CT molecular complexity index is 1290. The lowest BCUT2D eigenvalue weighted by Crippen LogP contribution is -2.40. The number of para-hydroxylation sites is 1. The summed E-state index contributed by atoms with van der Waals surface area (Å²) in [6.07, 6.45) is 7.08. The van der Waals surface area contributed by atoms with Crippen LogP contribution in [0.25, 0.3) is 10.9 Å². The number of benzene rings is 2. The molecular formula is C33H45N5O2. The maximum Gasteiger partial charge on any atom is 0.140 e. The second-order valence-electron chi connectivity index (χ2n) is 12.2. The first kappa shape index (κ1) is 27.3. The molecule has 3 heterocycles. The summed E-state index contributed by atoms with van der Waals surface area (Å²) >= 11 is 0. The van der Waals surface area contributed by atoms with Gasteiger partial charge in [-0.2, -0.15) is 0 Å². The van der Waals surface area contributed by atoms with Gasteiger partial charge in [-0.1, -0.05) is 38.0 Å². The second-order valence-corrected chi connectivity index (χ2v) is 12.2. The fourth-order valence-corrected chi connectivity index (χ4v) is 6.88. The third-order valence-electron chi connectivity index (χ3n) is 9.58. The van der Waals surface area contributed by atoms with Gasteiger partial charge in [0.1, 0.15) is 17.4 Å². The molecule has 0 unspecified atom stereocenters. The zero-order valence-electron chi connectivity index (χ0n) is 24.6. The van der Waals surface area contributed by atoms with Crippen LogP contribution in [0.4, 0.5) is 11.5 Å². The quantitative estimate of drug-likeness (QED) is 0.365. The number of anilines is 2. The summed E-state index contributed by atoms with van der Waals surface area (Å²) in [7, 11) is 3.98. The van der Waals surface area contributed by atoms with Gasteiger partial charge in [0.2, 0.25) is 0 Å². The van der Waals surface area contributed by atoms with Crippen LogP contribution in [0.1, 0.15) is 62.8 Å². The molecule has 0 spiro atoms. The molecule has 3 aliphatic rings. The van der Waals surface area contributed by atoms with Gasteiger partial charge in [-0.25, -0.2) is 9.97 Å². The third kappa shape index (κ3) is 5.64. The van der Waals surface area contributed by atoms with Crippen LogP contribution in [0.2, 0.25) is 0 Å². The van der Waals surface area contributed by atoms with Crippen molar-refractivity contribution in [3.63, 3.8) is 0 Å². The topological polar surface area (TPSA) is 54.0 Å². The number of rotatable bonds is 8. The van der Waals surface area contributed by atoms with Crippen molar-refractivity contribution in [1.82, 2.24) is 14.9 Å². The molecule has 2 aromatic carbocycles. The Morgan fingerprint density at radius 1 is 1.00 bits per heavy atom. The van der Waals surface area contributed by atoms with Crippen LogP contribution in [0.5, 0.6) is 5.75 Å². The van der Waals surface area contributed by atoms with Crippen LogP contribution < -0.4 is 14.5 Å². The molecule has 7 heteroatoms. The average Bonchev–Trinajstić information content (AvgIpc) is 3.47. The third-order valence-corrected chi connectivity index (χ3v) is 9.58. The lowest BCUT2D eigenvalue weighted by Gasteiger charge is -2.35. The normalized spacial score (nSPS) is 20.2. The molecule has 40 heavy (non-hydrogen) atoms. The van der Waals surface area contributed by atoms with E-state index in [0.717, 1.165) is 88.2 Å². The summed E-state index contributed by atoms with van der Waals surface area (Å²) in [5, 5.41) is 1.18. The molecule has 2 saturated heterocycles. The maximum atomic E-state index is 5.70. The smallest absolute Gasteiger partial charge is 0.140 e. The molecular weight excluding hydrogens is 498 g/mol. The lowest BCUT2D eigenvalue weighted by atomic mass is 9.87. The van der Waals surface area contributed by atoms with Crippen molar-refractivity contribution >= 4 is 22.4 Å². The Labute approximate surface area is 239 Å². The van der Waals surface area contributed by atoms with Crippen LogP contribution in [0, 0.1) is 0 Å². The molecule has 0 bridgehead atoms. The second kappa shape index (κ2) is 11.9. The van der Waals surface area contributed by atoms with Gasteiger partial charge < -0.3 is 19.3 Å². The minimum atomic E-state index is 0.0757. The van der Waals surface area contributed by atoms with Gasteiger partial charge in [0.25, 0.3) is 0 Å². The van der Waals surface area contributed by atoms with Gasteiger partial charge >= 0.3 is 0 Å². The fraction of sp³-hybridized carbons (Fsp3) is 0.576. The molecule has 0 N–H and O–H groups in total. The van der Waals surface area contributed by atoms with Crippen LogP contribution in [0.3, 0.4) is 0 Å². The molecule has 0 amide bonds. The number of morpholine rings is 1. The summed E-state index contributed by atoms with van der Waals surface area (Å²) in [6.45, 7) is 10.1. The molecule has 7 nitrogen and oxygen atoms in total. The minimum Gasteiger partial charge on any atom is -0.496 e. The first-order chi connectivity index (χ1) is 19.5. The van der Waals surface area contributed by atoms with Crippen LogP contribution >= 0.6 is 0 Å². The standard InChI is InChI=1S/C33H45N5O2/c1-33(14-6-7-15-33)32-34-29-11-10-26(36(2)18-19-37-20-22-40-23-21-37)24-28(29)31(35-32)38-16-12-25(13-17-38)27-8-4-5-9-30(27)39-3/h4-5,8-11,24-25H,6-7,12-23H2,1-3H3. The number of ether oxygens (including phenoxy) is 2. The fourth-order valence-electron chi connectivity index (χ4n) is 6.88. The molecule has 214 valence electrons. The van der Waals surface area contributed by atoms with E-state index in [2.05, 4.69) is 71.1 Å². The monoisotopic (exact) mass is 543 g/mol. The van der Waals surface area contributed by atoms with Gasteiger partial charge in [-0.05, 0) is 61.4 Å². The molecule has 1 aromatic heterocycles. The Morgan fingerprint density at radius 3 is 2.50 bits per heavy atom. The first-order valence-corrected chi connectivity index (χ1v) is 15.3. The van der Waals surface area contributed by atoms with Crippen molar-refractivity contribution in [3.05, 3.63) is 53.9 Å². The zero-order chi connectivity index (χ0) is 27.5. The SMILES string of the molecule is COc1ccccc1C1CCN(c2nc(C3(C)CCCC3)nc3ccc(N(C)CCN4CCOCC4)cc23)CC1. The summed E-state index contributed by atoms with van der Waals surface area (Å²) in [5.74, 6) is 3.67. The van der Waals surface area contributed by atoms with E-state index in [1.54, 1.807) is 7.11 Å². The number of likely N-dealkylation sites (N-methyl/N-ethyl adjacent to an activating group) is 1. The van der Waals surface area contributed by atoms with E-state index in [4.69, 9.17) is 19.4 Å². The van der Waals surface area contributed by atoms with Gasteiger partial charge in [-0.3, -0.25) is 4.90 Å². The Morgan fingerprint density at radius 2 is 1.75 bits per heavy atom. The Kier molecular flexibility index (Phi) is 8.12. The zero-order valence-corrected chi connectivity index (χ0v) is 24.6. The maximum absolute atomic E-state index is 5.70. The van der Waals surface area contributed by atoms with Crippen molar-refractivity contribution in [2.75, 3.05) is 76.4 Å². The number of nitrogens with zero attached hydrogens (tertiary/aromatic N) is 5. The number of piperidine rings is 1. The van der Waals surface area contributed by atoms with Gasteiger partial charge in [0, 0.05) is 62.8 Å². The van der Waals surface area contributed by atoms with Crippen molar-refractivity contribution in [1.29, 1.82) is 0 Å². The Balaban J connectivity index is 1.28. The lowest BCUT2D eigenvalue weighted by molar-refractivity contribution is 0.0393. The summed E-state index contributed by atoms with van der Waals surface area (Å²) < 4.78 is 11.2. The number of fused-ring (bicyclic) bond motifs is 1.